The number of aromatic nitrogens is 3. The number of thioether (sulfide) groups is 1. The molecule has 0 spiro atoms. The minimum Gasteiger partial charge on any atom is -0.293 e. The highest BCUT2D eigenvalue weighted by Crippen LogP contribution is 2.20. The van der Waals surface area contributed by atoms with Crippen molar-refractivity contribution in [3.8, 4) is 0 Å². The Morgan fingerprint density at radius 2 is 1.86 bits per heavy atom. The van der Waals surface area contributed by atoms with E-state index in [-0.39, 0.29) is 5.78 Å². The number of Topliss-reactive ketones (excluding diaryl/α,β-unsaturated/α-hetero) is 1. The Labute approximate surface area is 129 Å². The van der Waals surface area contributed by atoms with Crippen LogP contribution in [0.4, 0.5) is 0 Å². The molecule has 4 nitrogen and oxygen atoms in total. The summed E-state index contributed by atoms with van der Waals surface area (Å²) in [4.78, 5) is 16.7. The molecule has 0 radical (unpaired) electrons. The number of nitrogens with zero attached hydrogens (tertiary/aromatic N) is 2. The number of benzene rings is 1. The first-order valence-electron chi connectivity index (χ1n) is 7.04. The Morgan fingerprint density at radius 3 is 2.48 bits per heavy atom. The predicted octanol–water partition coefficient (Wildman–Crippen LogP) is 3.83. The molecule has 5 heteroatoms. The maximum atomic E-state index is 12.4. The monoisotopic (exact) mass is 303 g/mol. The molecule has 2 rings (SSSR count). The number of ketones is 1. The number of aromatic amines is 1. The maximum Gasteiger partial charge on any atom is 0.208 e. The molecule has 1 aromatic heterocycles. The summed E-state index contributed by atoms with van der Waals surface area (Å²) in [5.74, 6) is 1.65. The SMILES string of the molecule is Cc1cc(C)c(C(=O)CSc2n[nH]c(C(C)C)n2)cc1C. The van der Waals surface area contributed by atoms with Crippen LogP contribution in [-0.4, -0.2) is 26.7 Å². The lowest BCUT2D eigenvalue weighted by Gasteiger charge is -2.08. The zero-order chi connectivity index (χ0) is 15.6. The highest BCUT2D eigenvalue weighted by atomic mass is 32.2. The summed E-state index contributed by atoms with van der Waals surface area (Å²) in [7, 11) is 0. The van der Waals surface area contributed by atoms with E-state index in [1.165, 1.54) is 17.3 Å². The fourth-order valence-electron chi connectivity index (χ4n) is 2.05. The van der Waals surface area contributed by atoms with Crippen LogP contribution in [0.5, 0.6) is 0 Å². The van der Waals surface area contributed by atoms with Crippen molar-refractivity contribution in [3.63, 3.8) is 0 Å². The van der Waals surface area contributed by atoms with E-state index in [0.29, 0.717) is 16.8 Å². The first kappa shape index (κ1) is 15.8. The van der Waals surface area contributed by atoms with Gasteiger partial charge in [0.15, 0.2) is 5.78 Å². The summed E-state index contributed by atoms with van der Waals surface area (Å²) in [6, 6.07) is 4.04. The predicted molar refractivity (Wildman–Crippen MR) is 86.2 cm³/mol. The molecule has 112 valence electrons. The Balaban J connectivity index is 2.06. The largest absolute Gasteiger partial charge is 0.293 e. The molecule has 0 unspecified atom stereocenters. The van der Waals surface area contributed by atoms with E-state index in [1.54, 1.807) is 0 Å². The Kier molecular flexibility index (Phi) is 4.83. The quantitative estimate of drug-likeness (QED) is 0.673. The van der Waals surface area contributed by atoms with Gasteiger partial charge in [-0.1, -0.05) is 31.7 Å². The molecule has 2 aromatic rings. The molecule has 0 atom stereocenters. The van der Waals surface area contributed by atoms with Gasteiger partial charge in [0, 0.05) is 11.5 Å². The molecule has 1 aromatic carbocycles. The van der Waals surface area contributed by atoms with Gasteiger partial charge in [0.2, 0.25) is 5.16 Å². The van der Waals surface area contributed by atoms with Gasteiger partial charge in [-0.25, -0.2) is 4.98 Å². The van der Waals surface area contributed by atoms with Gasteiger partial charge in [0.05, 0.1) is 5.75 Å². The molecule has 1 heterocycles. The summed E-state index contributed by atoms with van der Waals surface area (Å²) >= 11 is 1.38. The molecule has 0 aliphatic rings. The molecule has 0 fully saturated rings. The van der Waals surface area contributed by atoms with Gasteiger partial charge in [-0.15, -0.1) is 5.10 Å². The number of carbonyl (C=O) groups excluding carboxylic acids is 1. The fraction of sp³-hybridized carbons (Fsp3) is 0.438. The second-order valence-electron chi connectivity index (χ2n) is 5.62. The van der Waals surface area contributed by atoms with Gasteiger partial charge in [0.1, 0.15) is 5.82 Å². The van der Waals surface area contributed by atoms with Crippen molar-refractivity contribution in [1.82, 2.24) is 15.2 Å². The summed E-state index contributed by atoms with van der Waals surface area (Å²) in [5, 5.41) is 7.67. The number of nitrogens with one attached hydrogen (secondary N) is 1. The number of rotatable bonds is 5. The Bertz CT molecular complexity index is 662. The van der Waals surface area contributed by atoms with Crippen LogP contribution in [0.1, 0.15) is 52.6 Å². The van der Waals surface area contributed by atoms with Crippen LogP contribution >= 0.6 is 11.8 Å². The van der Waals surface area contributed by atoms with Gasteiger partial charge >= 0.3 is 0 Å². The van der Waals surface area contributed by atoms with Gasteiger partial charge in [0.25, 0.3) is 0 Å². The van der Waals surface area contributed by atoms with E-state index in [1.807, 2.05) is 19.9 Å². The lowest BCUT2D eigenvalue weighted by atomic mass is 9.99. The van der Waals surface area contributed by atoms with Gasteiger partial charge in [-0.2, -0.15) is 0 Å². The third kappa shape index (κ3) is 3.73. The van der Waals surface area contributed by atoms with Crippen LogP contribution in [0.3, 0.4) is 0 Å². The Morgan fingerprint density at radius 1 is 1.19 bits per heavy atom. The van der Waals surface area contributed by atoms with E-state index >= 15 is 0 Å². The molecule has 0 saturated heterocycles. The zero-order valence-corrected chi connectivity index (χ0v) is 14.0. The maximum absolute atomic E-state index is 12.4. The number of H-pyrrole nitrogens is 1. The summed E-state index contributed by atoms with van der Waals surface area (Å²) < 4.78 is 0. The minimum atomic E-state index is 0.122. The standard InChI is InChI=1S/C16H21N3OS/c1-9(2)15-17-16(19-18-15)21-8-14(20)13-7-11(4)10(3)6-12(13)5/h6-7,9H,8H2,1-5H3,(H,17,18,19). The molecular formula is C16H21N3OS. The lowest BCUT2D eigenvalue weighted by Crippen LogP contribution is -2.06. The molecule has 0 aliphatic carbocycles. The molecule has 0 aliphatic heterocycles. The van der Waals surface area contributed by atoms with Crippen molar-refractivity contribution in [2.45, 2.75) is 45.7 Å². The van der Waals surface area contributed by atoms with Crippen molar-refractivity contribution in [2.24, 2.45) is 0 Å². The molecule has 1 N–H and O–H groups in total. The average Bonchev–Trinajstić information content (AvgIpc) is 2.89. The highest BCUT2D eigenvalue weighted by molar-refractivity contribution is 7.99. The normalized spacial score (nSPS) is 11.1. The van der Waals surface area contributed by atoms with Crippen LogP contribution in [0.2, 0.25) is 0 Å². The zero-order valence-electron chi connectivity index (χ0n) is 13.2. The number of aryl methyl sites for hydroxylation is 3. The minimum absolute atomic E-state index is 0.122. The summed E-state index contributed by atoms with van der Waals surface area (Å²) in [5.41, 5.74) is 4.19. The molecule has 0 saturated carbocycles. The summed E-state index contributed by atoms with van der Waals surface area (Å²) in [6.07, 6.45) is 0. The summed E-state index contributed by atoms with van der Waals surface area (Å²) in [6.45, 7) is 10.2. The van der Waals surface area contributed by atoms with E-state index in [4.69, 9.17) is 0 Å². The third-order valence-corrected chi connectivity index (χ3v) is 4.35. The second kappa shape index (κ2) is 6.43. The molecule has 21 heavy (non-hydrogen) atoms. The van der Waals surface area contributed by atoms with E-state index in [9.17, 15) is 4.79 Å². The molecule has 0 amide bonds. The third-order valence-electron chi connectivity index (χ3n) is 3.50. The van der Waals surface area contributed by atoms with Gasteiger partial charge < -0.3 is 0 Å². The van der Waals surface area contributed by atoms with Crippen LogP contribution in [0, 0.1) is 20.8 Å². The van der Waals surface area contributed by atoms with Crippen molar-refractivity contribution >= 4 is 17.5 Å². The molecule has 0 bridgehead atoms. The van der Waals surface area contributed by atoms with Crippen molar-refractivity contribution in [2.75, 3.05) is 5.75 Å². The molecular weight excluding hydrogens is 282 g/mol. The lowest BCUT2D eigenvalue weighted by molar-refractivity contribution is 0.102. The topological polar surface area (TPSA) is 58.6 Å². The fourth-order valence-corrected chi connectivity index (χ4v) is 2.74. The van der Waals surface area contributed by atoms with Gasteiger partial charge in [-0.05, 0) is 43.5 Å². The van der Waals surface area contributed by atoms with Crippen molar-refractivity contribution < 1.29 is 4.79 Å². The second-order valence-corrected chi connectivity index (χ2v) is 6.56. The first-order valence-corrected chi connectivity index (χ1v) is 8.03. The van der Waals surface area contributed by atoms with E-state index in [0.717, 1.165) is 22.5 Å². The van der Waals surface area contributed by atoms with Crippen LogP contribution in [-0.2, 0) is 0 Å². The average molecular weight is 303 g/mol. The smallest absolute Gasteiger partial charge is 0.208 e. The van der Waals surface area contributed by atoms with Crippen LogP contribution < -0.4 is 0 Å². The van der Waals surface area contributed by atoms with Crippen molar-refractivity contribution in [3.05, 3.63) is 40.2 Å². The number of carbonyl (C=O) groups is 1. The van der Waals surface area contributed by atoms with E-state index < -0.39 is 0 Å². The number of hydrogen-bond donors (Lipinski definition) is 1. The van der Waals surface area contributed by atoms with Crippen LogP contribution in [0.15, 0.2) is 17.3 Å². The first-order chi connectivity index (χ1) is 9.88. The number of hydrogen-bond acceptors (Lipinski definition) is 4. The van der Waals surface area contributed by atoms with Crippen molar-refractivity contribution in [1.29, 1.82) is 0 Å². The van der Waals surface area contributed by atoms with E-state index in [2.05, 4.69) is 42.0 Å². The van der Waals surface area contributed by atoms with Gasteiger partial charge in [-0.3, -0.25) is 9.89 Å². The highest BCUT2D eigenvalue weighted by Gasteiger charge is 2.13. The Hall–Kier alpha value is -1.62. The van der Waals surface area contributed by atoms with Crippen LogP contribution in [0.25, 0.3) is 0 Å².